The van der Waals surface area contributed by atoms with E-state index in [-0.39, 0.29) is 11.9 Å². The molecule has 132 valence electrons. The lowest BCUT2D eigenvalue weighted by Gasteiger charge is -2.33. The summed E-state index contributed by atoms with van der Waals surface area (Å²) in [5.74, 6) is 0.770. The molecule has 0 aliphatic carbocycles. The number of rotatable bonds is 6. The Morgan fingerprint density at radius 2 is 2.12 bits per heavy atom. The minimum Gasteiger partial charge on any atom is -0.354 e. The van der Waals surface area contributed by atoms with Gasteiger partial charge in [0.1, 0.15) is 0 Å². The van der Waals surface area contributed by atoms with Gasteiger partial charge in [-0.3, -0.25) is 9.69 Å². The number of carbonyl (C=O) groups excluding carboxylic acids is 1. The number of amides is 1. The Bertz CT molecular complexity index is 528. The third kappa shape index (κ3) is 4.98. The summed E-state index contributed by atoms with van der Waals surface area (Å²) in [6, 6.07) is 8.93. The van der Waals surface area contributed by atoms with Crippen molar-refractivity contribution >= 4 is 17.7 Å². The minimum absolute atomic E-state index is 0.0413. The zero-order valence-electron chi connectivity index (χ0n) is 14.6. The van der Waals surface area contributed by atoms with Gasteiger partial charge >= 0.3 is 0 Å². The Kier molecular flexibility index (Phi) is 6.58. The van der Waals surface area contributed by atoms with Gasteiger partial charge in [0.25, 0.3) is 0 Å². The van der Waals surface area contributed by atoms with Crippen molar-refractivity contribution in [3.05, 3.63) is 29.8 Å². The Balaban J connectivity index is 1.44. The number of piperidine rings is 1. The van der Waals surface area contributed by atoms with Crippen molar-refractivity contribution in [3.63, 3.8) is 0 Å². The lowest BCUT2D eigenvalue weighted by atomic mass is 9.97. The number of hydrogen-bond donors (Lipinski definition) is 2. The fraction of sp³-hybridized carbons (Fsp3) is 0.632. The van der Waals surface area contributed by atoms with Crippen LogP contribution < -0.4 is 10.6 Å². The van der Waals surface area contributed by atoms with E-state index in [0.717, 1.165) is 39.0 Å². The van der Waals surface area contributed by atoms with Crippen molar-refractivity contribution in [2.45, 2.75) is 43.2 Å². The predicted octanol–water partition coefficient (Wildman–Crippen LogP) is 2.49. The van der Waals surface area contributed by atoms with Crippen molar-refractivity contribution in [1.29, 1.82) is 0 Å². The zero-order valence-corrected chi connectivity index (χ0v) is 15.4. The third-order valence-corrected chi connectivity index (χ3v) is 5.85. The fourth-order valence-electron chi connectivity index (χ4n) is 3.73. The molecule has 2 heterocycles. The van der Waals surface area contributed by atoms with E-state index in [4.69, 9.17) is 0 Å². The zero-order chi connectivity index (χ0) is 16.8. The fourth-order valence-corrected chi connectivity index (χ4v) is 4.14. The first kappa shape index (κ1) is 17.8. The Labute approximate surface area is 149 Å². The van der Waals surface area contributed by atoms with E-state index in [1.165, 1.54) is 29.8 Å². The number of carbonyl (C=O) groups is 1. The largest absolute Gasteiger partial charge is 0.354 e. The molecule has 2 aliphatic heterocycles. The van der Waals surface area contributed by atoms with Crippen LogP contribution in [-0.2, 0) is 11.3 Å². The average molecular weight is 348 g/mol. The smallest absolute Gasteiger partial charge is 0.237 e. The first-order valence-corrected chi connectivity index (χ1v) is 10.3. The molecule has 0 saturated carbocycles. The Hall–Kier alpha value is -1.04. The van der Waals surface area contributed by atoms with Gasteiger partial charge in [-0.1, -0.05) is 12.1 Å². The van der Waals surface area contributed by atoms with E-state index in [1.807, 2.05) is 0 Å². The standard InChI is InChI=1S/C19H29N3OS/c1-24-17-8-6-15(7-9-17)13-22-11-3-4-16(14-22)12-21-19(23)18-5-2-10-20-18/h6-9,16,18,20H,2-5,10-14H2,1H3,(H,21,23). The molecular weight excluding hydrogens is 318 g/mol. The highest BCUT2D eigenvalue weighted by Gasteiger charge is 2.24. The molecule has 0 aromatic heterocycles. The Morgan fingerprint density at radius 3 is 2.83 bits per heavy atom. The molecule has 24 heavy (non-hydrogen) atoms. The molecule has 0 radical (unpaired) electrons. The minimum atomic E-state index is 0.0413. The molecule has 1 aromatic rings. The van der Waals surface area contributed by atoms with Gasteiger partial charge in [-0.25, -0.2) is 0 Å². The van der Waals surface area contributed by atoms with E-state index in [9.17, 15) is 4.79 Å². The van der Waals surface area contributed by atoms with Crippen LogP contribution in [0.2, 0.25) is 0 Å². The van der Waals surface area contributed by atoms with Crippen LogP contribution in [0.5, 0.6) is 0 Å². The number of benzene rings is 1. The summed E-state index contributed by atoms with van der Waals surface area (Å²) in [7, 11) is 0. The highest BCUT2D eigenvalue weighted by Crippen LogP contribution is 2.20. The van der Waals surface area contributed by atoms with Crippen LogP contribution in [0.3, 0.4) is 0 Å². The first-order chi connectivity index (χ1) is 11.7. The van der Waals surface area contributed by atoms with E-state index < -0.39 is 0 Å². The average Bonchev–Trinajstić information content (AvgIpc) is 3.15. The van der Waals surface area contributed by atoms with E-state index in [0.29, 0.717) is 5.92 Å². The SMILES string of the molecule is CSc1ccc(CN2CCCC(CNC(=O)C3CCCN3)C2)cc1. The molecule has 0 bridgehead atoms. The number of nitrogens with zero attached hydrogens (tertiary/aromatic N) is 1. The van der Waals surface area contributed by atoms with Gasteiger partial charge in [0.05, 0.1) is 6.04 Å². The van der Waals surface area contributed by atoms with E-state index in [1.54, 1.807) is 11.8 Å². The van der Waals surface area contributed by atoms with Crippen molar-refractivity contribution < 1.29 is 4.79 Å². The van der Waals surface area contributed by atoms with Gasteiger partial charge < -0.3 is 10.6 Å². The Morgan fingerprint density at radius 1 is 1.29 bits per heavy atom. The van der Waals surface area contributed by atoms with Crippen LogP contribution in [0.1, 0.15) is 31.2 Å². The summed E-state index contributed by atoms with van der Waals surface area (Å²) in [6.45, 7) is 5.06. The van der Waals surface area contributed by atoms with E-state index >= 15 is 0 Å². The van der Waals surface area contributed by atoms with Gasteiger partial charge in [0.15, 0.2) is 0 Å². The lowest BCUT2D eigenvalue weighted by molar-refractivity contribution is -0.123. The topological polar surface area (TPSA) is 44.4 Å². The van der Waals surface area contributed by atoms with E-state index in [2.05, 4.69) is 46.1 Å². The second kappa shape index (κ2) is 8.88. The second-order valence-corrected chi connectivity index (χ2v) is 7.87. The summed E-state index contributed by atoms with van der Waals surface area (Å²) in [5, 5.41) is 6.43. The highest BCUT2D eigenvalue weighted by atomic mass is 32.2. The third-order valence-electron chi connectivity index (χ3n) is 5.11. The van der Waals surface area contributed by atoms with Crippen molar-refractivity contribution in [2.75, 3.05) is 32.4 Å². The summed E-state index contributed by atoms with van der Waals surface area (Å²) in [6.07, 6.45) is 6.66. The molecule has 1 aromatic carbocycles. The first-order valence-electron chi connectivity index (χ1n) is 9.11. The molecule has 2 atom stereocenters. The van der Waals surface area contributed by atoms with Gasteiger partial charge in [0, 0.05) is 24.5 Å². The van der Waals surface area contributed by atoms with Gasteiger partial charge in [0.2, 0.25) is 5.91 Å². The number of hydrogen-bond acceptors (Lipinski definition) is 4. The van der Waals surface area contributed by atoms with Crippen LogP contribution in [0.4, 0.5) is 0 Å². The van der Waals surface area contributed by atoms with Crippen LogP contribution in [0.25, 0.3) is 0 Å². The van der Waals surface area contributed by atoms with Crippen LogP contribution >= 0.6 is 11.8 Å². The molecule has 2 aliphatic rings. The van der Waals surface area contributed by atoms with Gasteiger partial charge in [-0.2, -0.15) is 0 Å². The normalized spacial score (nSPS) is 24.9. The molecule has 5 heteroatoms. The summed E-state index contributed by atoms with van der Waals surface area (Å²) in [4.78, 5) is 16.0. The number of likely N-dealkylation sites (tertiary alicyclic amines) is 1. The summed E-state index contributed by atoms with van der Waals surface area (Å²) >= 11 is 1.78. The van der Waals surface area contributed by atoms with Crippen LogP contribution in [0, 0.1) is 5.92 Å². The van der Waals surface area contributed by atoms with Crippen molar-refractivity contribution in [2.24, 2.45) is 5.92 Å². The maximum atomic E-state index is 12.1. The molecule has 2 saturated heterocycles. The van der Waals surface area contributed by atoms with Crippen LogP contribution in [-0.4, -0.2) is 49.3 Å². The molecule has 4 nitrogen and oxygen atoms in total. The molecule has 2 fully saturated rings. The predicted molar refractivity (Wildman–Crippen MR) is 100 cm³/mol. The molecule has 2 unspecified atom stereocenters. The number of nitrogens with one attached hydrogen (secondary N) is 2. The molecule has 0 spiro atoms. The van der Waals surface area contributed by atoms with Gasteiger partial charge in [-0.05, 0) is 68.6 Å². The summed E-state index contributed by atoms with van der Waals surface area (Å²) in [5.41, 5.74) is 1.38. The van der Waals surface area contributed by atoms with Gasteiger partial charge in [-0.15, -0.1) is 11.8 Å². The van der Waals surface area contributed by atoms with Crippen molar-refractivity contribution in [1.82, 2.24) is 15.5 Å². The maximum absolute atomic E-state index is 12.1. The second-order valence-electron chi connectivity index (χ2n) is 6.99. The quantitative estimate of drug-likeness (QED) is 0.776. The number of thioether (sulfide) groups is 1. The molecule has 3 rings (SSSR count). The van der Waals surface area contributed by atoms with Crippen LogP contribution in [0.15, 0.2) is 29.2 Å². The monoisotopic (exact) mass is 347 g/mol. The maximum Gasteiger partial charge on any atom is 0.237 e. The highest BCUT2D eigenvalue weighted by molar-refractivity contribution is 7.98. The summed E-state index contributed by atoms with van der Waals surface area (Å²) < 4.78 is 0. The van der Waals surface area contributed by atoms with Crippen molar-refractivity contribution in [3.8, 4) is 0 Å². The molecule has 1 amide bonds. The lowest BCUT2D eigenvalue weighted by Crippen LogP contribution is -2.45. The molecular formula is C19H29N3OS. The molecule has 2 N–H and O–H groups in total.